The average Bonchev–Trinajstić information content (AvgIpc) is 3.17. The van der Waals surface area contributed by atoms with Gasteiger partial charge in [0.25, 0.3) is 11.5 Å². The maximum absolute atomic E-state index is 13.7. The molecule has 2 aromatic rings. The number of carboxylic acids is 1. The van der Waals surface area contributed by atoms with Crippen molar-refractivity contribution in [2.45, 2.75) is 78.1 Å². The molecule has 2 aliphatic heterocycles. The lowest BCUT2D eigenvalue weighted by Crippen LogP contribution is -2.40. The fourth-order valence-corrected chi connectivity index (χ4v) is 7.02. The summed E-state index contributed by atoms with van der Waals surface area (Å²) < 4.78 is 2.07. The molecule has 1 N–H and O–H groups in total. The number of hydrogen-bond donors (Lipinski definition) is 1. The lowest BCUT2D eigenvalue weighted by molar-refractivity contribution is -0.137. The highest BCUT2D eigenvalue weighted by atomic mass is 32.2. The molecule has 8 nitrogen and oxygen atoms in total. The van der Waals surface area contributed by atoms with Crippen LogP contribution in [-0.4, -0.2) is 55.2 Å². The molecule has 40 heavy (non-hydrogen) atoms. The van der Waals surface area contributed by atoms with E-state index in [2.05, 4.69) is 18.7 Å². The molecule has 4 rings (SSSR count). The van der Waals surface area contributed by atoms with Crippen LogP contribution in [0.3, 0.4) is 0 Å². The number of fused-ring (bicyclic) bond motifs is 1. The van der Waals surface area contributed by atoms with Crippen LogP contribution in [-0.2, 0) is 9.59 Å². The molecule has 216 valence electrons. The fourth-order valence-electron chi connectivity index (χ4n) is 5.72. The molecule has 0 aliphatic carbocycles. The van der Waals surface area contributed by atoms with Gasteiger partial charge < -0.3 is 10.0 Å². The topological polar surface area (TPSA) is 95.2 Å². The molecular formula is C30H40N4O4S2. The quantitative estimate of drug-likeness (QED) is 0.175. The van der Waals surface area contributed by atoms with Crippen LogP contribution in [0.1, 0.15) is 83.6 Å². The van der Waals surface area contributed by atoms with Gasteiger partial charge in [-0.05, 0) is 49.3 Å². The van der Waals surface area contributed by atoms with Crippen molar-refractivity contribution in [2.24, 2.45) is 11.8 Å². The highest BCUT2D eigenvalue weighted by Gasteiger charge is 2.33. The summed E-state index contributed by atoms with van der Waals surface area (Å²) in [6.07, 6.45) is 12.8. The molecule has 0 aromatic carbocycles. The number of anilines is 1. The lowest BCUT2D eigenvalue weighted by atomic mass is 9.91. The van der Waals surface area contributed by atoms with E-state index in [1.165, 1.54) is 11.8 Å². The van der Waals surface area contributed by atoms with Gasteiger partial charge in [0.2, 0.25) is 0 Å². The normalized spacial score (nSPS) is 20.7. The Morgan fingerprint density at radius 3 is 2.38 bits per heavy atom. The van der Waals surface area contributed by atoms with Crippen LogP contribution in [0.15, 0.2) is 34.1 Å². The lowest BCUT2D eigenvalue weighted by Gasteiger charge is -2.36. The Bertz CT molecular complexity index is 1310. The van der Waals surface area contributed by atoms with E-state index in [1.807, 2.05) is 18.2 Å². The number of aliphatic carboxylic acids is 1. The first-order valence-electron chi connectivity index (χ1n) is 14.5. The number of hydrogen-bond acceptors (Lipinski definition) is 7. The molecule has 0 bridgehead atoms. The van der Waals surface area contributed by atoms with E-state index in [-0.39, 0.29) is 17.9 Å². The van der Waals surface area contributed by atoms with Crippen LogP contribution in [0.5, 0.6) is 0 Å². The summed E-state index contributed by atoms with van der Waals surface area (Å²) in [6.45, 7) is 6.67. The molecule has 4 heterocycles. The standard InChI is InChI=1S/C30H40N4O4S2/c1-21-17-22(2)20-32(19-21)27-23(28(37)33-15-12-10-13-25(33)31-27)18-24-29(38)34(30(39)40-24)16-11-8-6-4-3-5-7-9-14-26(35)36/h10,12-13,15,18,21-22H,3-9,11,14,16-17,19-20H2,1-2H3,(H,35,36). The Morgan fingerprint density at radius 2 is 1.70 bits per heavy atom. The van der Waals surface area contributed by atoms with E-state index in [9.17, 15) is 14.4 Å². The molecule has 0 radical (unpaired) electrons. The summed E-state index contributed by atoms with van der Waals surface area (Å²) >= 11 is 6.83. The summed E-state index contributed by atoms with van der Waals surface area (Å²) in [7, 11) is 0. The van der Waals surface area contributed by atoms with Crippen molar-refractivity contribution < 1.29 is 14.7 Å². The van der Waals surface area contributed by atoms with Crippen molar-refractivity contribution in [3.63, 3.8) is 0 Å². The summed E-state index contributed by atoms with van der Waals surface area (Å²) in [5.74, 6) is 0.754. The zero-order valence-electron chi connectivity index (χ0n) is 23.5. The van der Waals surface area contributed by atoms with Crippen molar-refractivity contribution >= 4 is 57.7 Å². The van der Waals surface area contributed by atoms with Crippen LogP contribution in [0.2, 0.25) is 0 Å². The number of carboxylic acid groups (broad SMARTS) is 1. The van der Waals surface area contributed by atoms with Crippen LogP contribution in [0, 0.1) is 11.8 Å². The van der Waals surface area contributed by atoms with Crippen molar-refractivity contribution in [2.75, 3.05) is 24.5 Å². The van der Waals surface area contributed by atoms with Gasteiger partial charge in [-0.15, -0.1) is 0 Å². The molecule has 10 heteroatoms. The van der Waals surface area contributed by atoms with E-state index in [0.29, 0.717) is 44.6 Å². The maximum atomic E-state index is 13.7. The monoisotopic (exact) mass is 584 g/mol. The number of carbonyl (C=O) groups is 2. The number of rotatable bonds is 13. The second-order valence-corrected chi connectivity index (χ2v) is 12.9. The number of piperidine rings is 1. The third kappa shape index (κ3) is 7.72. The average molecular weight is 585 g/mol. The van der Waals surface area contributed by atoms with Gasteiger partial charge in [-0.3, -0.25) is 23.7 Å². The molecule has 2 fully saturated rings. The van der Waals surface area contributed by atoms with Crippen LogP contribution in [0.25, 0.3) is 11.7 Å². The maximum Gasteiger partial charge on any atom is 0.303 e. The Hall–Kier alpha value is -2.72. The van der Waals surface area contributed by atoms with Gasteiger partial charge in [-0.2, -0.15) is 0 Å². The zero-order valence-corrected chi connectivity index (χ0v) is 25.1. The van der Waals surface area contributed by atoms with Crippen molar-refractivity contribution in [3.05, 3.63) is 45.2 Å². The summed E-state index contributed by atoms with van der Waals surface area (Å²) in [5.41, 5.74) is 0.854. The summed E-state index contributed by atoms with van der Waals surface area (Å²) in [4.78, 5) is 46.8. The predicted octanol–water partition coefficient (Wildman–Crippen LogP) is 5.97. The largest absolute Gasteiger partial charge is 0.481 e. The first kappa shape index (κ1) is 30.2. The minimum absolute atomic E-state index is 0.141. The minimum Gasteiger partial charge on any atom is -0.481 e. The number of thiocarbonyl (C=S) groups is 1. The first-order valence-corrected chi connectivity index (χ1v) is 15.7. The molecule has 1 amide bonds. The molecule has 0 saturated carbocycles. The first-order chi connectivity index (χ1) is 19.2. The summed E-state index contributed by atoms with van der Waals surface area (Å²) in [5, 5.41) is 8.70. The Kier molecular flexibility index (Phi) is 10.8. The number of amides is 1. The number of aromatic nitrogens is 2. The fraction of sp³-hybridized carbons (Fsp3) is 0.567. The SMILES string of the molecule is CC1CC(C)CN(c2nc3ccccn3c(=O)c2C=C2SC(=S)N(CCCCCCCCCCC(=O)O)C2=O)C1. The van der Waals surface area contributed by atoms with Gasteiger partial charge in [0.15, 0.2) is 0 Å². The number of pyridine rings is 1. The Labute approximate surface area is 245 Å². The number of thioether (sulfide) groups is 1. The van der Waals surface area contributed by atoms with Gasteiger partial charge in [-0.25, -0.2) is 4.98 Å². The van der Waals surface area contributed by atoms with E-state index in [0.717, 1.165) is 70.9 Å². The highest BCUT2D eigenvalue weighted by Crippen LogP contribution is 2.35. The van der Waals surface area contributed by atoms with Crippen molar-refractivity contribution in [1.29, 1.82) is 0 Å². The third-order valence-corrected chi connectivity index (χ3v) is 8.97. The van der Waals surface area contributed by atoms with Crippen LogP contribution >= 0.6 is 24.0 Å². The van der Waals surface area contributed by atoms with Gasteiger partial charge in [-0.1, -0.05) is 82.4 Å². The number of carbonyl (C=O) groups excluding carboxylic acids is 1. The van der Waals surface area contributed by atoms with Gasteiger partial charge in [0, 0.05) is 32.3 Å². The van der Waals surface area contributed by atoms with E-state index in [1.54, 1.807) is 21.6 Å². The van der Waals surface area contributed by atoms with Crippen molar-refractivity contribution in [1.82, 2.24) is 14.3 Å². The van der Waals surface area contributed by atoms with E-state index >= 15 is 0 Å². The molecule has 2 unspecified atom stereocenters. The van der Waals surface area contributed by atoms with Gasteiger partial charge in [0.1, 0.15) is 15.8 Å². The van der Waals surface area contributed by atoms with E-state index < -0.39 is 5.97 Å². The number of nitrogens with zero attached hydrogens (tertiary/aromatic N) is 4. The van der Waals surface area contributed by atoms with E-state index in [4.69, 9.17) is 22.3 Å². The minimum atomic E-state index is -0.724. The molecule has 2 aromatic heterocycles. The molecule has 2 aliphatic rings. The molecule has 2 atom stereocenters. The Balaban J connectivity index is 1.41. The molecule has 2 saturated heterocycles. The second kappa shape index (κ2) is 14.3. The predicted molar refractivity (Wildman–Crippen MR) is 166 cm³/mol. The highest BCUT2D eigenvalue weighted by molar-refractivity contribution is 8.26. The smallest absolute Gasteiger partial charge is 0.303 e. The number of unbranched alkanes of at least 4 members (excludes halogenated alkanes) is 7. The van der Waals surface area contributed by atoms with Crippen molar-refractivity contribution in [3.8, 4) is 0 Å². The van der Waals surface area contributed by atoms with Crippen LogP contribution in [0.4, 0.5) is 5.82 Å². The zero-order chi connectivity index (χ0) is 28.6. The Morgan fingerprint density at radius 1 is 1.05 bits per heavy atom. The van der Waals surface area contributed by atoms with Gasteiger partial charge in [0.05, 0.1) is 10.5 Å². The second-order valence-electron chi connectivity index (χ2n) is 11.2. The molecule has 0 spiro atoms. The van der Waals surface area contributed by atoms with Crippen LogP contribution < -0.4 is 10.5 Å². The third-order valence-electron chi connectivity index (χ3n) is 7.59. The molecular weight excluding hydrogens is 544 g/mol. The summed E-state index contributed by atoms with van der Waals surface area (Å²) in [6, 6.07) is 5.52. The van der Waals surface area contributed by atoms with Gasteiger partial charge >= 0.3 is 5.97 Å².